The minimum Gasteiger partial charge on any atom is -0.396 e. The molecule has 0 aromatic heterocycles. The SMILES string of the molecule is CCCCCO.Cc1ccccc1.O=S(=O)(O)c1ccccc1. The molecule has 0 radical (unpaired) electrons. The Morgan fingerprint density at radius 1 is 0.870 bits per heavy atom. The molecule has 2 aromatic carbocycles. The van der Waals surface area contributed by atoms with Crippen LogP contribution in [-0.2, 0) is 10.1 Å². The molecule has 4 nitrogen and oxygen atoms in total. The summed E-state index contributed by atoms with van der Waals surface area (Å²) in [5.41, 5.74) is 1.32. The summed E-state index contributed by atoms with van der Waals surface area (Å²) in [6, 6.07) is 17.7. The van der Waals surface area contributed by atoms with Crippen LogP contribution in [-0.4, -0.2) is 24.7 Å². The smallest absolute Gasteiger partial charge is 0.294 e. The van der Waals surface area contributed by atoms with Gasteiger partial charge >= 0.3 is 0 Å². The van der Waals surface area contributed by atoms with Gasteiger partial charge < -0.3 is 5.11 Å². The van der Waals surface area contributed by atoms with Crippen molar-refractivity contribution in [2.45, 2.75) is 38.0 Å². The molecule has 0 saturated heterocycles. The van der Waals surface area contributed by atoms with E-state index in [1.807, 2.05) is 18.2 Å². The van der Waals surface area contributed by atoms with Crippen molar-refractivity contribution >= 4 is 10.1 Å². The minimum atomic E-state index is -4.00. The highest BCUT2D eigenvalue weighted by Gasteiger charge is 2.05. The molecule has 0 fully saturated rings. The molecule has 0 atom stereocenters. The predicted molar refractivity (Wildman–Crippen MR) is 94.0 cm³/mol. The fraction of sp³-hybridized carbons (Fsp3) is 0.333. The number of unbranched alkanes of at least 4 members (excludes halogenated alkanes) is 2. The van der Waals surface area contributed by atoms with E-state index in [1.54, 1.807) is 18.2 Å². The third-order valence-corrected chi connectivity index (χ3v) is 3.61. The zero-order valence-electron chi connectivity index (χ0n) is 13.7. The van der Waals surface area contributed by atoms with Gasteiger partial charge in [0.2, 0.25) is 0 Å². The Bertz CT molecular complexity index is 591. The van der Waals surface area contributed by atoms with Gasteiger partial charge in [0, 0.05) is 6.61 Å². The van der Waals surface area contributed by atoms with Gasteiger partial charge in [-0.2, -0.15) is 8.42 Å². The standard InChI is InChI=1S/C7H8.C6H6O3S.C5H12O/c1-7-5-3-2-4-6-7;7-10(8,9)6-4-2-1-3-5-6;1-2-3-4-5-6/h2-6H,1H3;1-5H,(H,7,8,9);6H,2-5H2,1H3. The molecule has 0 spiro atoms. The van der Waals surface area contributed by atoms with E-state index in [0.717, 1.165) is 12.8 Å². The zero-order chi connectivity index (χ0) is 17.6. The third kappa shape index (κ3) is 12.5. The van der Waals surface area contributed by atoms with Crippen LogP contribution < -0.4 is 0 Å². The Kier molecular flexibility index (Phi) is 11.9. The van der Waals surface area contributed by atoms with Crippen LogP contribution >= 0.6 is 0 Å². The number of hydrogen-bond donors (Lipinski definition) is 2. The Morgan fingerprint density at radius 2 is 1.35 bits per heavy atom. The third-order valence-electron chi connectivity index (χ3n) is 2.74. The summed E-state index contributed by atoms with van der Waals surface area (Å²) in [7, 11) is -4.00. The van der Waals surface area contributed by atoms with Crippen LogP contribution in [0, 0.1) is 6.92 Å². The number of aliphatic hydroxyl groups is 1. The van der Waals surface area contributed by atoms with Crippen LogP contribution in [0.1, 0.15) is 31.7 Å². The molecule has 2 N–H and O–H groups in total. The van der Waals surface area contributed by atoms with Crippen LogP contribution in [0.15, 0.2) is 65.6 Å². The van der Waals surface area contributed by atoms with Crippen molar-refractivity contribution in [3.8, 4) is 0 Å². The second-order valence-electron chi connectivity index (χ2n) is 4.87. The maximum Gasteiger partial charge on any atom is 0.294 e. The lowest BCUT2D eigenvalue weighted by Gasteiger charge is -1.92. The zero-order valence-corrected chi connectivity index (χ0v) is 14.5. The lowest BCUT2D eigenvalue weighted by atomic mass is 10.2. The van der Waals surface area contributed by atoms with Gasteiger partial charge in [0.15, 0.2) is 0 Å². The molecule has 0 amide bonds. The number of aryl methyl sites for hydroxylation is 1. The number of hydrogen-bond acceptors (Lipinski definition) is 3. The molecule has 0 saturated carbocycles. The van der Waals surface area contributed by atoms with E-state index in [9.17, 15) is 8.42 Å². The first-order chi connectivity index (χ1) is 10.9. The Morgan fingerprint density at radius 3 is 1.57 bits per heavy atom. The molecule has 0 aliphatic heterocycles. The van der Waals surface area contributed by atoms with Gasteiger partial charge in [0.25, 0.3) is 10.1 Å². The molecule has 23 heavy (non-hydrogen) atoms. The average Bonchev–Trinajstić information content (AvgIpc) is 2.55. The van der Waals surface area contributed by atoms with Gasteiger partial charge in [0.1, 0.15) is 0 Å². The molecule has 2 aromatic rings. The van der Waals surface area contributed by atoms with Crippen molar-refractivity contribution in [1.29, 1.82) is 0 Å². The largest absolute Gasteiger partial charge is 0.396 e. The van der Waals surface area contributed by atoms with Gasteiger partial charge in [-0.25, -0.2) is 0 Å². The van der Waals surface area contributed by atoms with Crippen LogP contribution in [0.4, 0.5) is 0 Å². The molecule has 5 heteroatoms. The fourth-order valence-electron chi connectivity index (χ4n) is 1.49. The molecular weight excluding hydrogens is 312 g/mol. The predicted octanol–water partition coefficient (Wildman–Crippen LogP) is 4.10. The first-order valence-electron chi connectivity index (χ1n) is 7.56. The molecule has 0 unspecified atom stereocenters. The second kappa shape index (κ2) is 12.8. The van der Waals surface area contributed by atoms with Gasteiger partial charge in [-0.3, -0.25) is 4.55 Å². The van der Waals surface area contributed by atoms with Crippen molar-refractivity contribution in [1.82, 2.24) is 0 Å². The van der Waals surface area contributed by atoms with Gasteiger partial charge in [-0.15, -0.1) is 0 Å². The quantitative estimate of drug-likeness (QED) is 0.650. The van der Waals surface area contributed by atoms with E-state index in [-0.39, 0.29) is 4.90 Å². The first kappa shape index (κ1) is 21.3. The Balaban J connectivity index is 0.000000330. The second-order valence-corrected chi connectivity index (χ2v) is 6.30. The van der Waals surface area contributed by atoms with E-state index in [2.05, 4.69) is 26.0 Å². The van der Waals surface area contributed by atoms with Gasteiger partial charge in [-0.05, 0) is 25.5 Å². The minimum absolute atomic E-state index is 0.0741. The van der Waals surface area contributed by atoms with Crippen molar-refractivity contribution in [2.24, 2.45) is 0 Å². The normalized spacial score (nSPS) is 9.91. The molecule has 0 aliphatic rings. The van der Waals surface area contributed by atoms with E-state index >= 15 is 0 Å². The summed E-state index contributed by atoms with van der Waals surface area (Å²) in [5.74, 6) is 0. The summed E-state index contributed by atoms with van der Waals surface area (Å²) in [5, 5.41) is 8.20. The Hall–Kier alpha value is -1.69. The lowest BCUT2D eigenvalue weighted by Crippen LogP contribution is -1.96. The highest BCUT2D eigenvalue weighted by atomic mass is 32.2. The molecule has 0 heterocycles. The summed E-state index contributed by atoms with van der Waals surface area (Å²) in [6.07, 6.45) is 3.33. The summed E-state index contributed by atoms with van der Waals surface area (Å²) < 4.78 is 29.2. The van der Waals surface area contributed by atoms with E-state index in [4.69, 9.17) is 9.66 Å². The highest BCUT2D eigenvalue weighted by molar-refractivity contribution is 7.85. The van der Waals surface area contributed by atoms with Crippen molar-refractivity contribution in [3.05, 3.63) is 66.2 Å². The number of rotatable bonds is 4. The monoisotopic (exact) mass is 338 g/mol. The van der Waals surface area contributed by atoms with Crippen LogP contribution in [0.5, 0.6) is 0 Å². The topological polar surface area (TPSA) is 74.6 Å². The summed E-state index contributed by atoms with van der Waals surface area (Å²) >= 11 is 0. The van der Waals surface area contributed by atoms with Crippen LogP contribution in [0.3, 0.4) is 0 Å². The van der Waals surface area contributed by atoms with E-state index < -0.39 is 10.1 Å². The molecule has 0 aliphatic carbocycles. The lowest BCUT2D eigenvalue weighted by molar-refractivity contribution is 0.284. The van der Waals surface area contributed by atoms with Gasteiger partial charge in [-0.1, -0.05) is 73.9 Å². The van der Waals surface area contributed by atoms with Crippen LogP contribution in [0.25, 0.3) is 0 Å². The first-order valence-corrected chi connectivity index (χ1v) is 9.00. The van der Waals surface area contributed by atoms with Crippen LogP contribution in [0.2, 0.25) is 0 Å². The van der Waals surface area contributed by atoms with Crippen molar-refractivity contribution < 1.29 is 18.1 Å². The molecule has 2 rings (SSSR count). The van der Waals surface area contributed by atoms with Crippen molar-refractivity contribution in [3.63, 3.8) is 0 Å². The molecular formula is C18H26O4S. The fourth-order valence-corrected chi connectivity index (χ4v) is 1.99. The average molecular weight is 338 g/mol. The summed E-state index contributed by atoms with van der Waals surface area (Å²) in [4.78, 5) is -0.0741. The number of aliphatic hydroxyl groups excluding tert-OH is 1. The molecule has 128 valence electrons. The maximum absolute atomic E-state index is 10.4. The van der Waals surface area contributed by atoms with Crippen molar-refractivity contribution in [2.75, 3.05) is 6.61 Å². The van der Waals surface area contributed by atoms with E-state index in [0.29, 0.717) is 6.61 Å². The molecule has 0 bridgehead atoms. The van der Waals surface area contributed by atoms with E-state index in [1.165, 1.54) is 24.1 Å². The summed E-state index contributed by atoms with van der Waals surface area (Å²) in [6.45, 7) is 4.56. The maximum atomic E-state index is 10.4. The Labute approximate surface area is 139 Å². The highest BCUT2D eigenvalue weighted by Crippen LogP contribution is 2.05. The van der Waals surface area contributed by atoms with Gasteiger partial charge in [0.05, 0.1) is 4.90 Å². The number of benzene rings is 2.